The highest BCUT2D eigenvalue weighted by molar-refractivity contribution is 7.99. The molecule has 0 radical (unpaired) electrons. The number of carbonyl (C=O) groups excluding carboxylic acids is 1. The van der Waals surface area contributed by atoms with Crippen LogP contribution >= 0.6 is 11.8 Å². The van der Waals surface area contributed by atoms with Crippen molar-refractivity contribution in [1.82, 2.24) is 14.9 Å². The molecule has 2 aliphatic heterocycles. The van der Waals surface area contributed by atoms with E-state index < -0.39 is 0 Å². The number of nitrogens with zero attached hydrogens (tertiary/aromatic N) is 4. The molecule has 1 aliphatic carbocycles. The minimum absolute atomic E-state index is 0.0722. The highest BCUT2D eigenvalue weighted by Crippen LogP contribution is 2.43. The molecule has 1 aromatic rings. The Morgan fingerprint density at radius 1 is 1.31 bits per heavy atom. The average Bonchev–Trinajstić information content (AvgIpc) is 3.26. The normalized spacial score (nSPS) is 20.0. The summed E-state index contributed by atoms with van der Waals surface area (Å²) in [6.07, 6.45) is 8.01. The Balaban J connectivity index is 0.00000117. The highest BCUT2D eigenvalue weighted by Gasteiger charge is 2.39. The van der Waals surface area contributed by atoms with Crippen molar-refractivity contribution in [3.63, 3.8) is 0 Å². The number of rotatable bonds is 6. The zero-order valence-corrected chi connectivity index (χ0v) is 18.9. The summed E-state index contributed by atoms with van der Waals surface area (Å²) in [5.74, 6) is 2.75. The number of anilines is 2. The third-order valence-corrected chi connectivity index (χ3v) is 6.49. The molecule has 3 heterocycles. The van der Waals surface area contributed by atoms with E-state index in [2.05, 4.69) is 25.7 Å². The van der Waals surface area contributed by atoms with Gasteiger partial charge in [0.25, 0.3) is 0 Å². The number of hydrogen-bond donors (Lipinski definition) is 1. The van der Waals surface area contributed by atoms with Crippen LogP contribution < -0.4 is 10.2 Å². The van der Waals surface area contributed by atoms with Gasteiger partial charge in [-0.3, -0.25) is 4.79 Å². The van der Waals surface area contributed by atoms with Crippen LogP contribution in [0.1, 0.15) is 52.7 Å². The standard InChI is InChI=1S/C20H27N5OS.C2H6/c1-4-6-14(5-2)25-11-10-24(13-16(25)26)19-21-15-7-12-27-17(15)18(22-19)23-20(3)8-9-20;1-2/h5-6H,2,4,7-13H2,1,3H3,(H,21,22,23);1-2H3/b14-6+;. The Morgan fingerprint density at radius 3 is 2.69 bits per heavy atom. The number of allylic oxidation sites excluding steroid dienone is 2. The summed E-state index contributed by atoms with van der Waals surface area (Å²) in [6, 6.07) is 0. The van der Waals surface area contributed by atoms with Gasteiger partial charge >= 0.3 is 0 Å². The predicted molar refractivity (Wildman–Crippen MR) is 122 cm³/mol. The summed E-state index contributed by atoms with van der Waals surface area (Å²) in [7, 11) is 0. The van der Waals surface area contributed by atoms with E-state index in [0.29, 0.717) is 19.0 Å². The number of hydrogen-bond acceptors (Lipinski definition) is 6. The van der Waals surface area contributed by atoms with Gasteiger partial charge in [-0.25, -0.2) is 4.98 Å². The lowest BCUT2D eigenvalue weighted by Gasteiger charge is -2.35. The molecule has 6 nitrogen and oxygen atoms in total. The molecule has 4 rings (SSSR count). The molecule has 158 valence electrons. The minimum atomic E-state index is 0.0722. The quantitative estimate of drug-likeness (QED) is 0.701. The van der Waals surface area contributed by atoms with Crippen LogP contribution in [0, 0.1) is 0 Å². The van der Waals surface area contributed by atoms with Gasteiger partial charge in [-0.05, 0) is 32.3 Å². The largest absolute Gasteiger partial charge is 0.364 e. The lowest BCUT2D eigenvalue weighted by molar-refractivity contribution is -0.128. The van der Waals surface area contributed by atoms with Crippen molar-refractivity contribution >= 4 is 29.4 Å². The van der Waals surface area contributed by atoms with Crippen LogP contribution in [-0.2, 0) is 11.2 Å². The van der Waals surface area contributed by atoms with E-state index in [9.17, 15) is 4.79 Å². The molecule has 0 unspecified atom stereocenters. The molecule has 1 N–H and O–H groups in total. The van der Waals surface area contributed by atoms with E-state index in [-0.39, 0.29) is 11.4 Å². The van der Waals surface area contributed by atoms with E-state index in [1.54, 1.807) is 6.08 Å². The first-order valence-corrected chi connectivity index (χ1v) is 11.7. The fourth-order valence-corrected chi connectivity index (χ4v) is 4.56. The zero-order valence-electron chi connectivity index (χ0n) is 18.1. The van der Waals surface area contributed by atoms with Crippen LogP contribution in [0.3, 0.4) is 0 Å². The molecule has 3 aliphatic rings. The Kier molecular flexibility index (Phi) is 6.88. The highest BCUT2D eigenvalue weighted by atomic mass is 32.2. The monoisotopic (exact) mass is 415 g/mol. The Hall–Kier alpha value is -2.02. The van der Waals surface area contributed by atoms with Gasteiger partial charge in [-0.15, -0.1) is 11.8 Å². The second kappa shape index (κ2) is 9.20. The molecule has 1 amide bonds. The molecule has 1 saturated carbocycles. The topological polar surface area (TPSA) is 61.4 Å². The van der Waals surface area contributed by atoms with Gasteiger partial charge in [0.15, 0.2) is 0 Å². The van der Waals surface area contributed by atoms with Gasteiger partial charge in [-0.1, -0.05) is 33.4 Å². The average molecular weight is 416 g/mol. The molecule has 1 aromatic heterocycles. The van der Waals surface area contributed by atoms with Crippen molar-refractivity contribution in [2.45, 2.75) is 63.8 Å². The summed E-state index contributed by atoms with van der Waals surface area (Å²) in [4.78, 5) is 27.4. The number of thioether (sulfide) groups is 1. The van der Waals surface area contributed by atoms with Crippen molar-refractivity contribution in [3.05, 3.63) is 30.1 Å². The first-order valence-electron chi connectivity index (χ1n) is 10.7. The van der Waals surface area contributed by atoms with Crippen molar-refractivity contribution in [1.29, 1.82) is 0 Å². The smallest absolute Gasteiger partial charge is 0.246 e. The molecule has 0 aromatic carbocycles. The second-order valence-corrected chi connectivity index (χ2v) is 8.75. The number of nitrogens with one attached hydrogen (secondary N) is 1. The molecular formula is C22H33N5OS. The molecule has 1 saturated heterocycles. The van der Waals surface area contributed by atoms with E-state index in [1.165, 1.54) is 17.7 Å². The minimum Gasteiger partial charge on any atom is -0.364 e. The van der Waals surface area contributed by atoms with Gasteiger partial charge in [0.05, 0.1) is 10.6 Å². The number of aromatic nitrogens is 2. The van der Waals surface area contributed by atoms with Crippen LogP contribution in [0.15, 0.2) is 29.3 Å². The molecule has 0 bridgehead atoms. The van der Waals surface area contributed by atoms with Crippen molar-refractivity contribution < 1.29 is 4.79 Å². The number of piperazine rings is 1. The third-order valence-electron chi connectivity index (χ3n) is 5.37. The fraction of sp³-hybridized carbons (Fsp3) is 0.591. The summed E-state index contributed by atoms with van der Waals surface area (Å²) in [6.45, 7) is 13.8. The summed E-state index contributed by atoms with van der Waals surface area (Å²) >= 11 is 1.83. The van der Waals surface area contributed by atoms with Gasteiger partial charge in [0.2, 0.25) is 11.9 Å². The van der Waals surface area contributed by atoms with Crippen LogP contribution in [0.4, 0.5) is 11.8 Å². The Morgan fingerprint density at radius 2 is 2.07 bits per heavy atom. The number of aryl methyl sites for hydroxylation is 1. The van der Waals surface area contributed by atoms with Crippen LogP contribution in [0.2, 0.25) is 0 Å². The number of carbonyl (C=O) groups is 1. The fourth-order valence-electron chi connectivity index (χ4n) is 3.51. The van der Waals surface area contributed by atoms with E-state index in [1.807, 2.05) is 41.5 Å². The first-order chi connectivity index (χ1) is 14.0. The maximum Gasteiger partial charge on any atom is 0.246 e. The second-order valence-electron chi connectivity index (χ2n) is 7.64. The summed E-state index contributed by atoms with van der Waals surface area (Å²) < 4.78 is 0. The number of fused-ring (bicyclic) bond motifs is 1. The molecule has 29 heavy (non-hydrogen) atoms. The predicted octanol–water partition coefficient (Wildman–Crippen LogP) is 4.24. The molecule has 7 heteroatoms. The van der Waals surface area contributed by atoms with E-state index >= 15 is 0 Å². The Bertz CT molecular complexity index is 803. The van der Waals surface area contributed by atoms with E-state index in [0.717, 1.165) is 42.3 Å². The SMILES string of the molecule is C=C/C(=C\CC)N1CCN(c2nc3c(c(NC4(C)CC4)n2)SCC3)CC1=O.CC. The maximum absolute atomic E-state index is 12.7. The van der Waals surface area contributed by atoms with Gasteiger partial charge in [0, 0.05) is 36.5 Å². The van der Waals surface area contributed by atoms with Crippen LogP contribution in [-0.4, -0.2) is 51.7 Å². The Labute approximate surface area is 178 Å². The van der Waals surface area contributed by atoms with Crippen molar-refractivity contribution in [2.24, 2.45) is 0 Å². The summed E-state index contributed by atoms with van der Waals surface area (Å²) in [5, 5.41) is 3.62. The van der Waals surface area contributed by atoms with Gasteiger partial charge < -0.3 is 15.1 Å². The molecule has 0 atom stereocenters. The summed E-state index contributed by atoms with van der Waals surface area (Å²) in [5.41, 5.74) is 2.18. The van der Waals surface area contributed by atoms with E-state index in [4.69, 9.17) is 9.97 Å². The van der Waals surface area contributed by atoms with Crippen molar-refractivity contribution in [2.75, 3.05) is 35.6 Å². The lowest BCUT2D eigenvalue weighted by Crippen LogP contribution is -2.50. The molecular weight excluding hydrogens is 382 g/mol. The van der Waals surface area contributed by atoms with Crippen molar-refractivity contribution in [3.8, 4) is 0 Å². The maximum atomic E-state index is 12.7. The number of amides is 1. The van der Waals surface area contributed by atoms with Crippen LogP contribution in [0.5, 0.6) is 0 Å². The molecule has 2 fully saturated rings. The van der Waals surface area contributed by atoms with Crippen LogP contribution in [0.25, 0.3) is 0 Å². The van der Waals surface area contributed by atoms with Gasteiger partial charge in [-0.2, -0.15) is 4.98 Å². The molecule has 0 spiro atoms. The van der Waals surface area contributed by atoms with Gasteiger partial charge in [0.1, 0.15) is 12.4 Å². The first kappa shape index (κ1) is 21.7. The zero-order chi connectivity index (χ0) is 21.0. The third kappa shape index (κ3) is 4.77. The lowest BCUT2D eigenvalue weighted by atomic mass is 10.2.